The molecular formula is C20H26N4O2S. The molecule has 0 unspecified atom stereocenters. The largest absolute Gasteiger partial charge is 0.330 e. The van der Waals surface area contributed by atoms with Crippen LogP contribution in [0.4, 0.5) is 0 Å². The highest BCUT2D eigenvalue weighted by Gasteiger charge is 2.18. The van der Waals surface area contributed by atoms with Gasteiger partial charge < -0.3 is 4.57 Å². The summed E-state index contributed by atoms with van der Waals surface area (Å²) in [6.45, 7) is 9.45. The molecule has 2 aromatic heterocycles. The molecule has 0 saturated carbocycles. The minimum Gasteiger partial charge on any atom is -0.322 e. The van der Waals surface area contributed by atoms with Crippen LogP contribution in [0.5, 0.6) is 0 Å². The van der Waals surface area contributed by atoms with Gasteiger partial charge in [0.2, 0.25) is 0 Å². The van der Waals surface area contributed by atoms with Gasteiger partial charge in [-0.15, -0.1) is 11.8 Å². The first-order valence-corrected chi connectivity index (χ1v) is 10.4. The summed E-state index contributed by atoms with van der Waals surface area (Å²) in [4.78, 5) is 33.1. The molecular weight excluding hydrogens is 360 g/mol. The predicted molar refractivity (Wildman–Crippen MR) is 111 cm³/mol. The number of aromatic amines is 1. The molecule has 0 aliphatic carbocycles. The van der Waals surface area contributed by atoms with Crippen LogP contribution in [0.3, 0.4) is 0 Å². The average Bonchev–Trinajstić information content (AvgIpc) is 2.99. The normalized spacial score (nSPS) is 11.4. The molecule has 1 N–H and O–H groups in total. The van der Waals surface area contributed by atoms with Gasteiger partial charge in [-0.2, -0.15) is 0 Å². The van der Waals surface area contributed by atoms with Gasteiger partial charge in [0.25, 0.3) is 5.56 Å². The molecule has 3 aromatic rings. The molecule has 1 aromatic carbocycles. The highest BCUT2D eigenvalue weighted by Crippen LogP contribution is 2.27. The second kappa shape index (κ2) is 8.17. The summed E-state index contributed by atoms with van der Waals surface area (Å²) in [5.74, 6) is 1.47. The van der Waals surface area contributed by atoms with Crippen molar-refractivity contribution in [3.63, 3.8) is 0 Å². The Kier molecular flexibility index (Phi) is 5.89. The number of nitrogens with zero attached hydrogens (tertiary/aromatic N) is 3. The fourth-order valence-corrected chi connectivity index (χ4v) is 4.25. The number of hydrogen-bond donors (Lipinski definition) is 1. The first-order chi connectivity index (χ1) is 13.0. The molecule has 2 heterocycles. The van der Waals surface area contributed by atoms with E-state index in [1.165, 1.54) is 16.0 Å². The minimum atomic E-state index is -0.379. The quantitative estimate of drug-likeness (QED) is 0.630. The lowest BCUT2D eigenvalue weighted by Crippen LogP contribution is -2.31. The van der Waals surface area contributed by atoms with Gasteiger partial charge in [0.1, 0.15) is 5.82 Å². The Balaban J connectivity index is 2.03. The van der Waals surface area contributed by atoms with Crippen molar-refractivity contribution in [1.82, 2.24) is 19.1 Å². The number of H-pyrrole nitrogens is 1. The van der Waals surface area contributed by atoms with Crippen LogP contribution >= 0.6 is 11.8 Å². The molecule has 0 fully saturated rings. The van der Waals surface area contributed by atoms with Crippen molar-refractivity contribution < 1.29 is 0 Å². The van der Waals surface area contributed by atoms with Gasteiger partial charge in [-0.3, -0.25) is 14.3 Å². The summed E-state index contributed by atoms with van der Waals surface area (Å²) in [5, 5.41) is 0. The summed E-state index contributed by atoms with van der Waals surface area (Å²) in [6, 6.07) is 6.39. The minimum absolute atomic E-state index is 0.361. The number of imidazole rings is 1. The van der Waals surface area contributed by atoms with Crippen LogP contribution in [0, 0.1) is 13.8 Å². The zero-order chi connectivity index (χ0) is 19.6. The van der Waals surface area contributed by atoms with Crippen LogP contribution in [-0.2, 0) is 18.8 Å². The van der Waals surface area contributed by atoms with Crippen molar-refractivity contribution in [3.05, 3.63) is 56.0 Å². The fraction of sp³-hybridized carbons (Fsp3) is 0.450. The number of hydrogen-bond acceptors (Lipinski definition) is 4. The van der Waals surface area contributed by atoms with E-state index in [9.17, 15) is 9.59 Å². The third-order valence-electron chi connectivity index (χ3n) is 4.70. The van der Waals surface area contributed by atoms with E-state index in [2.05, 4.69) is 44.0 Å². The number of nitrogens with one attached hydrogen (secondary N) is 1. The van der Waals surface area contributed by atoms with Crippen LogP contribution in [-0.4, -0.2) is 19.1 Å². The number of aryl methyl sites for hydroxylation is 4. The first kappa shape index (κ1) is 19.5. The number of unbranched alkanes of at least 4 members (excludes halogenated alkanes) is 1. The Bertz CT molecular complexity index is 1080. The zero-order valence-corrected chi connectivity index (χ0v) is 17.2. The maximum Gasteiger partial charge on any atom is 0.330 e. The smallest absolute Gasteiger partial charge is 0.322 e. The lowest BCUT2D eigenvalue weighted by atomic mass is 10.2. The fourth-order valence-electron chi connectivity index (χ4n) is 3.30. The van der Waals surface area contributed by atoms with E-state index in [1.54, 1.807) is 16.3 Å². The summed E-state index contributed by atoms with van der Waals surface area (Å²) in [5.41, 5.74) is 2.72. The van der Waals surface area contributed by atoms with Crippen LogP contribution in [0.15, 0.2) is 32.7 Å². The Morgan fingerprint density at radius 2 is 1.93 bits per heavy atom. The van der Waals surface area contributed by atoms with Crippen molar-refractivity contribution in [3.8, 4) is 0 Å². The predicted octanol–water partition coefficient (Wildman–Crippen LogP) is 3.62. The van der Waals surface area contributed by atoms with E-state index in [0.717, 1.165) is 18.7 Å². The van der Waals surface area contributed by atoms with Gasteiger partial charge in [-0.05, 0) is 38.8 Å². The van der Waals surface area contributed by atoms with E-state index < -0.39 is 0 Å². The molecule has 0 bridgehead atoms. The lowest BCUT2D eigenvalue weighted by molar-refractivity contribution is 0.613. The molecule has 0 saturated heterocycles. The molecule has 0 aliphatic heterocycles. The summed E-state index contributed by atoms with van der Waals surface area (Å²) < 4.78 is 3.52. The summed E-state index contributed by atoms with van der Waals surface area (Å²) >= 11 is 1.70. The van der Waals surface area contributed by atoms with E-state index >= 15 is 0 Å². The highest BCUT2D eigenvalue weighted by molar-refractivity contribution is 7.98. The lowest BCUT2D eigenvalue weighted by Gasteiger charge is -2.08. The first-order valence-electron chi connectivity index (χ1n) is 9.38. The van der Waals surface area contributed by atoms with E-state index in [0.29, 0.717) is 30.0 Å². The van der Waals surface area contributed by atoms with Crippen molar-refractivity contribution >= 4 is 22.9 Å². The van der Waals surface area contributed by atoms with Crippen molar-refractivity contribution in [2.75, 3.05) is 0 Å². The van der Waals surface area contributed by atoms with Crippen LogP contribution < -0.4 is 11.2 Å². The highest BCUT2D eigenvalue weighted by atomic mass is 32.2. The van der Waals surface area contributed by atoms with Gasteiger partial charge in [0.15, 0.2) is 11.2 Å². The van der Waals surface area contributed by atoms with Gasteiger partial charge in [0, 0.05) is 18.0 Å². The Hall–Kier alpha value is -2.28. The molecule has 144 valence electrons. The maximum atomic E-state index is 12.4. The topological polar surface area (TPSA) is 72.7 Å². The third kappa shape index (κ3) is 3.88. The molecule has 27 heavy (non-hydrogen) atoms. The Labute approximate surface area is 162 Å². The molecule has 0 radical (unpaired) electrons. The van der Waals surface area contributed by atoms with Crippen LogP contribution in [0.25, 0.3) is 11.2 Å². The number of aromatic nitrogens is 4. The number of fused-ring (bicyclic) bond motifs is 1. The number of benzene rings is 1. The molecule has 0 spiro atoms. The monoisotopic (exact) mass is 386 g/mol. The maximum absolute atomic E-state index is 12.4. The molecule has 0 amide bonds. The molecule has 0 aliphatic rings. The van der Waals surface area contributed by atoms with Crippen molar-refractivity contribution in [2.24, 2.45) is 0 Å². The van der Waals surface area contributed by atoms with Crippen LogP contribution in [0.2, 0.25) is 0 Å². The van der Waals surface area contributed by atoms with Gasteiger partial charge >= 0.3 is 5.69 Å². The number of thioether (sulfide) groups is 1. The van der Waals surface area contributed by atoms with E-state index in [4.69, 9.17) is 4.98 Å². The molecule has 7 heteroatoms. The SMILES string of the molecule is CCCCn1c(=O)[nH]c(=O)c2c1nc(CSc1ccc(C)cc1C)n2CC. The Morgan fingerprint density at radius 3 is 2.59 bits per heavy atom. The summed E-state index contributed by atoms with van der Waals surface area (Å²) in [7, 11) is 0. The average molecular weight is 387 g/mol. The van der Waals surface area contributed by atoms with Gasteiger partial charge in [-0.25, -0.2) is 9.78 Å². The van der Waals surface area contributed by atoms with Crippen molar-refractivity contribution in [2.45, 2.75) is 64.3 Å². The van der Waals surface area contributed by atoms with E-state index in [1.807, 2.05) is 11.5 Å². The van der Waals surface area contributed by atoms with Crippen LogP contribution in [0.1, 0.15) is 43.6 Å². The number of rotatable bonds is 7. The van der Waals surface area contributed by atoms with Gasteiger partial charge in [0.05, 0.1) is 5.75 Å². The third-order valence-corrected chi connectivity index (χ3v) is 5.87. The molecule has 3 rings (SSSR count). The summed E-state index contributed by atoms with van der Waals surface area (Å²) in [6.07, 6.45) is 1.84. The van der Waals surface area contributed by atoms with Crippen molar-refractivity contribution in [1.29, 1.82) is 0 Å². The second-order valence-electron chi connectivity index (χ2n) is 6.77. The standard InChI is InChI=1S/C20H26N4O2S/c1-5-7-10-24-18-17(19(25)22-20(24)26)23(6-2)16(21-18)12-27-15-9-8-13(3)11-14(15)4/h8-9,11H,5-7,10,12H2,1-4H3,(H,22,25,26). The van der Waals surface area contributed by atoms with Gasteiger partial charge in [-0.1, -0.05) is 31.0 Å². The Morgan fingerprint density at radius 1 is 1.15 bits per heavy atom. The van der Waals surface area contributed by atoms with E-state index in [-0.39, 0.29) is 11.2 Å². The zero-order valence-electron chi connectivity index (χ0n) is 16.3. The second-order valence-corrected chi connectivity index (χ2v) is 7.78. The molecule has 0 atom stereocenters. The molecule has 6 nitrogen and oxygen atoms in total.